The zero-order valence-electron chi connectivity index (χ0n) is 19.9. The molecule has 0 unspecified atom stereocenters. The first-order valence-electron chi connectivity index (χ1n) is 11.5. The molecule has 1 atom stereocenters. The molecule has 184 valence electrons. The molecule has 0 radical (unpaired) electrons. The maximum atomic E-state index is 14.2. The van der Waals surface area contributed by atoms with Gasteiger partial charge in [-0.2, -0.15) is 0 Å². The van der Waals surface area contributed by atoms with Crippen LogP contribution in [0.1, 0.15) is 30.5 Å². The molecular formula is C28H30ClFN2O2S. The second-order valence-electron chi connectivity index (χ2n) is 8.57. The molecule has 0 aliphatic heterocycles. The lowest BCUT2D eigenvalue weighted by atomic mass is 10.0. The van der Waals surface area contributed by atoms with Crippen molar-refractivity contribution in [1.82, 2.24) is 10.2 Å². The van der Waals surface area contributed by atoms with E-state index >= 15 is 0 Å². The molecule has 1 N–H and O–H groups in total. The minimum Gasteiger partial charge on any atom is -0.352 e. The Hall–Kier alpha value is -2.83. The molecule has 0 aromatic heterocycles. The van der Waals surface area contributed by atoms with Crippen LogP contribution in [0.2, 0.25) is 5.02 Å². The second kappa shape index (κ2) is 13.3. The van der Waals surface area contributed by atoms with Crippen LogP contribution in [-0.4, -0.2) is 34.6 Å². The number of rotatable bonds is 11. The Balaban J connectivity index is 1.84. The Kier molecular flexibility index (Phi) is 10.2. The van der Waals surface area contributed by atoms with Crippen molar-refractivity contribution in [2.45, 2.75) is 44.6 Å². The van der Waals surface area contributed by atoms with Gasteiger partial charge in [-0.3, -0.25) is 9.59 Å². The van der Waals surface area contributed by atoms with Gasteiger partial charge in [0.1, 0.15) is 11.9 Å². The number of carbonyl (C=O) groups excluding carboxylic acids is 2. The maximum absolute atomic E-state index is 14.2. The van der Waals surface area contributed by atoms with Gasteiger partial charge in [-0.1, -0.05) is 78.3 Å². The first-order valence-corrected chi connectivity index (χ1v) is 13.1. The SMILES string of the molecule is CC(C)NC(=O)[C@H](Cc1ccccc1)N(Cc1ccccc1)C(=O)CSCc1c(F)cccc1Cl. The van der Waals surface area contributed by atoms with Gasteiger partial charge in [-0.05, 0) is 37.1 Å². The number of hydrogen-bond donors (Lipinski definition) is 1. The fourth-order valence-corrected chi connectivity index (χ4v) is 4.96. The predicted octanol–water partition coefficient (Wildman–Crippen LogP) is 5.88. The summed E-state index contributed by atoms with van der Waals surface area (Å²) in [6, 6.07) is 23.1. The molecule has 0 aliphatic carbocycles. The van der Waals surface area contributed by atoms with E-state index in [4.69, 9.17) is 11.6 Å². The van der Waals surface area contributed by atoms with Crippen molar-refractivity contribution in [3.05, 3.63) is 106 Å². The Morgan fingerprint density at radius 2 is 1.57 bits per heavy atom. The highest BCUT2D eigenvalue weighted by Gasteiger charge is 2.30. The smallest absolute Gasteiger partial charge is 0.243 e. The zero-order chi connectivity index (χ0) is 25.2. The summed E-state index contributed by atoms with van der Waals surface area (Å²) in [7, 11) is 0. The highest BCUT2D eigenvalue weighted by atomic mass is 35.5. The highest BCUT2D eigenvalue weighted by molar-refractivity contribution is 7.99. The molecule has 0 fully saturated rings. The summed E-state index contributed by atoms with van der Waals surface area (Å²) in [5.74, 6) is -0.423. The average Bonchev–Trinajstić information content (AvgIpc) is 2.84. The number of halogens is 2. The van der Waals surface area contributed by atoms with Crippen molar-refractivity contribution in [2.24, 2.45) is 0 Å². The van der Waals surface area contributed by atoms with Crippen molar-refractivity contribution < 1.29 is 14.0 Å². The molecule has 0 spiro atoms. The molecule has 3 rings (SSSR count). The van der Waals surface area contributed by atoms with Crippen LogP contribution >= 0.6 is 23.4 Å². The average molecular weight is 513 g/mol. The summed E-state index contributed by atoms with van der Waals surface area (Å²) in [5.41, 5.74) is 2.27. The number of thioether (sulfide) groups is 1. The number of amides is 2. The lowest BCUT2D eigenvalue weighted by molar-refractivity contribution is -0.139. The second-order valence-corrected chi connectivity index (χ2v) is 9.96. The first-order chi connectivity index (χ1) is 16.8. The van der Waals surface area contributed by atoms with Gasteiger partial charge in [0.05, 0.1) is 5.75 Å². The molecule has 0 saturated carbocycles. The number of nitrogens with zero attached hydrogens (tertiary/aromatic N) is 1. The van der Waals surface area contributed by atoms with Crippen LogP contribution in [0.25, 0.3) is 0 Å². The number of carbonyl (C=O) groups is 2. The number of hydrogen-bond acceptors (Lipinski definition) is 3. The quantitative estimate of drug-likeness (QED) is 0.349. The van der Waals surface area contributed by atoms with Crippen molar-refractivity contribution in [2.75, 3.05) is 5.75 Å². The largest absolute Gasteiger partial charge is 0.352 e. The molecule has 0 bridgehead atoms. The van der Waals surface area contributed by atoms with Crippen molar-refractivity contribution >= 4 is 35.2 Å². The van der Waals surface area contributed by atoms with Gasteiger partial charge in [0.25, 0.3) is 0 Å². The third-order valence-corrected chi connectivity index (χ3v) is 6.73. The van der Waals surface area contributed by atoms with E-state index in [2.05, 4.69) is 5.32 Å². The summed E-state index contributed by atoms with van der Waals surface area (Å²) in [5, 5.41) is 3.31. The van der Waals surface area contributed by atoms with Crippen LogP contribution in [0.4, 0.5) is 4.39 Å². The van der Waals surface area contributed by atoms with Crippen LogP contribution in [0.15, 0.2) is 78.9 Å². The fraction of sp³-hybridized carbons (Fsp3) is 0.286. The number of nitrogens with one attached hydrogen (secondary N) is 1. The van der Waals surface area contributed by atoms with Crippen LogP contribution < -0.4 is 5.32 Å². The summed E-state index contributed by atoms with van der Waals surface area (Å²) in [4.78, 5) is 28.5. The molecule has 3 aromatic carbocycles. The van der Waals surface area contributed by atoms with Gasteiger partial charge in [-0.25, -0.2) is 4.39 Å². The molecule has 2 amide bonds. The van der Waals surface area contributed by atoms with E-state index in [0.29, 0.717) is 23.6 Å². The van der Waals surface area contributed by atoms with Gasteiger partial charge in [0, 0.05) is 35.3 Å². The Morgan fingerprint density at radius 1 is 0.943 bits per heavy atom. The van der Waals surface area contributed by atoms with Crippen LogP contribution in [0, 0.1) is 5.82 Å². The van der Waals surface area contributed by atoms with E-state index in [9.17, 15) is 14.0 Å². The third kappa shape index (κ3) is 8.11. The van der Waals surface area contributed by atoms with Crippen molar-refractivity contribution in [3.63, 3.8) is 0 Å². The van der Waals surface area contributed by atoms with E-state index in [1.54, 1.807) is 17.0 Å². The Labute approximate surface area is 215 Å². The molecule has 3 aromatic rings. The normalized spacial score (nSPS) is 11.8. The van der Waals surface area contributed by atoms with Crippen LogP contribution in [-0.2, 0) is 28.3 Å². The summed E-state index contributed by atoms with van der Waals surface area (Å²) < 4.78 is 14.2. The van der Waals surface area contributed by atoms with E-state index < -0.39 is 11.9 Å². The Morgan fingerprint density at radius 3 is 2.17 bits per heavy atom. The molecular weight excluding hydrogens is 483 g/mol. The van der Waals surface area contributed by atoms with E-state index in [0.717, 1.165) is 11.1 Å². The van der Waals surface area contributed by atoms with Gasteiger partial charge in [-0.15, -0.1) is 11.8 Å². The fourth-order valence-electron chi connectivity index (χ4n) is 3.71. The van der Waals surface area contributed by atoms with Gasteiger partial charge < -0.3 is 10.2 Å². The molecule has 35 heavy (non-hydrogen) atoms. The van der Waals surface area contributed by atoms with E-state index in [1.807, 2.05) is 74.5 Å². The van der Waals surface area contributed by atoms with Crippen molar-refractivity contribution in [1.29, 1.82) is 0 Å². The van der Waals surface area contributed by atoms with Crippen molar-refractivity contribution in [3.8, 4) is 0 Å². The maximum Gasteiger partial charge on any atom is 0.243 e. The molecule has 4 nitrogen and oxygen atoms in total. The summed E-state index contributed by atoms with van der Waals surface area (Å²) in [6.45, 7) is 4.09. The van der Waals surface area contributed by atoms with E-state index in [-0.39, 0.29) is 29.4 Å². The third-order valence-electron chi connectivity index (χ3n) is 5.43. The lowest BCUT2D eigenvalue weighted by Crippen LogP contribution is -2.52. The lowest BCUT2D eigenvalue weighted by Gasteiger charge is -2.32. The van der Waals surface area contributed by atoms with Gasteiger partial charge in [0.15, 0.2) is 0 Å². The standard InChI is InChI=1S/C28H30ClFN2O2S/c1-20(2)31-28(34)26(16-21-10-5-3-6-11-21)32(17-22-12-7-4-8-13-22)27(33)19-35-18-23-24(29)14-9-15-25(23)30/h3-15,20,26H,16-19H2,1-2H3,(H,31,34)/t26-/m0/s1. The zero-order valence-corrected chi connectivity index (χ0v) is 21.5. The highest BCUT2D eigenvalue weighted by Crippen LogP contribution is 2.25. The summed E-state index contributed by atoms with van der Waals surface area (Å²) in [6.07, 6.45) is 0.391. The monoisotopic (exact) mass is 512 g/mol. The van der Waals surface area contributed by atoms with Crippen LogP contribution in [0.3, 0.4) is 0 Å². The Bertz CT molecular complexity index is 1090. The summed E-state index contributed by atoms with van der Waals surface area (Å²) >= 11 is 7.43. The molecule has 0 saturated heterocycles. The topological polar surface area (TPSA) is 49.4 Å². The molecule has 0 aliphatic rings. The minimum atomic E-state index is -0.690. The van der Waals surface area contributed by atoms with Gasteiger partial charge >= 0.3 is 0 Å². The first kappa shape index (κ1) is 26.8. The van der Waals surface area contributed by atoms with E-state index in [1.165, 1.54) is 17.8 Å². The van der Waals surface area contributed by atoms with Gasteiger partial charge in [0.2, 0.25) is 11.8 Å². The molecule has 7 heteroatoms. The predicted molar refractivity (Wildman–Crippen MR) is 142 cm³/mol. The van der Waals surface area contributed by atoms with Crippen LogP contribution in [0.5, 0.6) is 0 Å². The minimum absolute atomic E-state index is 0.0629. The number of benzene rings is 3. The molecule has 0 heterocycles.